The van der Waals surface area contributed by atoms with Crippen molar-refractivity contribution in [2.45, 2.75) is 168 Å². The third-order valence-corrected chi connectivity index (χ3v) is 8.95. The molecule has 266 valence electrons. The number of carbonyl (C=O) groups is 2. The first-order valence-corrected chi connectivity index (χ1v) is 19.3. The second kappa shape index (κ2) is 30.4. The molecule has 0 N–H and O–H groups in total. The van der Waals surface area contributed by atoms with E-state index >= 15 is 0 Å². The average molecular weight is 645 g/mol. The molecule has 1 aromatic carbocycles. The first kappa shape index (κ1) is 42.1. The topological polar surface area (TPSA) is 59.1 Å². The Hall–Kier alpha value is -1.92. The van der Waals surface area contributed by atoms with Crippen molar-refractivity contribution in [1.29, 1.82) is 0 Å². The number of nitrogens with zero attached hydrogens (tertiary/aromatic N) is 2. The van der Waals surface area contributed by atoms with E-state index < -0.39 is 11.9 Å². The minimum absolute atomic E-state index is 0.245. The van der Waals surface area contributed by atoms with Crippen molar-refractivity contribution in [2.24, 2.45) is 0 Å². The van der Waals surface area contributed by atoms with Gasteiger partial charge in [-0.05, 0) is 45.1 Å². The summed E-state index contributed by atoms with van der Waals surface area (Å²) in [7, 11) is 3.96. The maximum absolute atomic E-state index is 12.6. The van der Waals surface area contributed by atoms with E-state index in [9.17, 15) is 9.59 Å². The summed E-state index contributed by atoms with van der Waals surface area (Å²) in [6, 6.07) is 6.65. The Balaban J connectivity index is 2.11. The fraction of sp³-hybridized carbons (Fsp3) is 0.800. The molecule has 0 unspecified atom stereocenters. The van der Waals surface area contributed by atoms with Crippen molar-refractivity contribution in [3.05, 3.63) is 35.4 Å². The highest BCUT2D eigenvalue weighted by atomic mass is 16.5. The molecular weight excluding hydrogens is 572 g/mol. The van der Waals surface area contributed by atoms with E-state index in [-0.39, 0.29) is 13.5 Å². The summed E-state index contributed by atoms with van der Waals surface area (Å²) in [6.45, 7) is 6.84. The number of carbonyl (C=O) groups excluding carboxylic acids is 2. The number of benzene rings is 1. The molecule has 0 aliphatic heterocycles. The summed E-state index contributed by atoms with van der Waals surface area (Å²) < 4.78 is 11.0. The van der Waals surface area contributed by atoms with Crippen LogP contribution < -0.4 is 0 Å². The van der Waals surface area contributed by atoms with Crippen molar-refractivity contribution in [1.82, 2.24) is 9.80 Å². The molecule has 0 radical (unpaired) electrons. The van der Waals surface area contributed by atoms with Crippen LogP contribution in [0.25, 0.3) is 0 Å². The molecule has 0 saturated heterocycles. The molecule has 0 saturated carbocycles. The van der Waals surface area contributed by atoms with Crippen molar-refractivity contribution in [3.8, 4) is 0 Å². The summed E-state index contributed by atoms with van der Waals surface area (Å²) in [5, 5.41) is 0. The highest BCUT2D eigenvalue weighted by Gasteiger charge is 2.14. The Morgan fingerprint density at radius 3 is 1.07 bits per heavy atom. The van der Waals surface area contributed by atoms with E-state index in [1.807, 2.05) is 23.9 Å². The monoisotopic (exact) mass is 645 g/mol. The molecule has 0 heterocycles. The van der Waals surface area contributed by atoms with Gasteiger partial charge in [0.1, 0.15) is 13.5 Å². The molecule has 6 nitrogen and oxygen atoms in total. The lowest BCUT2D eigenvalue weighted by Gasteiger charge is -2.17. The van der Waals surface area contributed by atoms with Crippen LogP contribution in [0.15, 0.2) is 24.3 Å². The van der Waals surface area contributed by atoms with Gasteiger partial charge in [-0.3, -0.25) is 9.80 Å². The standard InChI is InChI=1S/C40H72N2O4/c1-5-7-9-11-13-15-17-19-21-23-25-27-32-41(3)35-45-39(43)37-30-29-31-38(34-37)40(44)46-36-42(4)33-28-26-24-22-20-18-16-14-12-10-8-6-2/h29-31,34H,5-28,32-33,35-36H2,1-4H3. The van der Waals surface area contributed by atoms with E-state index in [1.165, 1.54) is 141 Å². The zero-order chi connectivity index (χ0) is 33.5. The van der Waals surface area contributed by atoms with E-state index in [2.05, 4.69) is 13.8 Å². The van der Waals surface area contributed by atoms with Crippen LogP contribution >= 0.6 is 0 Å². The maximum Gasteiger partial charge on any atom is 0.339 e. The molecule has 0 spiro atoms. The Morgan fingerprint density at radius 2 is 0.761 bits per heavy atom. The fourth-order valence-electron chi connectivity index (χ4n) is 5.85. The van der Waals surface area contributed by atoms with Gasteiger partial charge in [-0.2, -0.15) is 0 Å². The molecule has 0 amide bonds. The minimum atomic E-state index is -0.416. The zero-order valence-corrected chi connectivity index (χ0v) is 30.6. The molecular formula is C40H72N2O4. The Morgan fingerprint density at radius 1 is 0.478 bits per heavy atom. The third-order valence-electron chi connectivity index (χ3n) is 8.95. The molecule has 6 heteroatoms. The highest BCUT2D eigenvalue weighted by Crippen LogP contribution is 2.14. The zero-order valence-electron chi connectivity index (χ0n) is 30.6. The van der Waals surface area contributed by atoms with Gasteiger partial charge in [0.2, 0.25) is 0 Å². The second-order valence-electron chi connectivity index (χ2n) is 13.6. The lowest BCUT2D eigenvalue weighted by atomic mass is 10.1. The van der Waals surface area contributed by atoms with Gasteiger partial charge in [-0.25, -0.2) is 9.59 Å². The number of hydrogen-bond acceptors (Lipinski definition) is 6. The Bertz CT molecular complexity index is 796. The quantitative estimate of drug-likeness (QED) is 0.0442. The van der Waals surface area contributed by atoms with Crippen molar-refractivity contribution >= 4 is 11.9 Å². The molecule has 0 aliphatic rings. The molecule has 0 atom stereocenters. The number of unbranched alkanes of at least 4 members (excludes halogenated alkanes) is 22. The number of hydrogen-bond donors (Lipinski definition) is 0. The van der Waals surface area contributed by atoms with Gasteiger partial charge in [0, 0.05) is 13.1 Å². The van der Waals surface area contributed by atoms with Crippen molar-refractivity contribution in [2.75, 3.05) is 40.6 Å². The summed E-state index contributed by atoms with van der Waals surface area (Å²) >= 11 is 0. The minimum Gasteiger partial charge on any atom is -0.446 e. The molecule has 0 bridgehead atoms. The lowest BCUT2D eigenvalue weighted by Crippen LogP contribution is -2.25. The summed E-state index contributed by atoms with van der Waals surface area (Å²) in [5.74, 6) is -0.833. The molecule has 0 aliphatic carbocycles. The third kappa shape index (κ3) is 24.3. The van der Waals surface area contributed by atoms with Crippen LogP contribution in [0.2, 0.25) is 0 Å². The first-order valence-electron chi connectivity index (χ1n) is 19.3. The summed E-state index contributed by atoms with van der Waals surface area (Å²) in [4.78, 5) is 29.4. The van der Waals surface area contributed by atoms with Crippen LogP contribution in [-0.2, 0) is 9.47 Å². The van der Waals surface area contributed by atoms with Gasteiger partial charge in [-0.15, -0.1) is 0 Å². The highest BCUT2D eigenvalue weighted by molar-refractivity contribution is 5.95. The van der Waals surface area contributed by atoms with Crippen LogP contribution in [0, 0.1) is 0 Å². The molecule has 1 aromatic rings. The predicted molar refractivity (Wildman–Crippen MR) is 194 cm³/mol. The van der Waals surface area contributed by atoms with Gasteiger partial charge in [-0.1, -0.05) is 161 Å². The average Bonchev–Trinajstić information content (AvgIpc) is 3.07. The van der Waals surface area contributed by atoms with Gasteiger partial charge < -0.3 is 9.47 Å². The molecule has 1 rings (SSSR count). The number of esters is 2. The summed E-state index contributed by atoms with van der Waals surface area (Å²) in [6.07, 6.45) is 31.9. The van der Waals surface area contributed by atoms with Gasteiger partial charge in [0.05, 0.1) is 11.1 Å². The molecule has 0 fully saturated rings. The van der Waals surface area contributed by atoms with Crippen LogP contribution in [0.5, 0.6) is 0 Å². The van der Waals surface area contributed by atoms with Gasteiger partial charge in [0.15, 0.2) is 0 Å². The Labute approximate surface area is 284 Å². The van der Waals surface area contributed by atoms with Crippen LogP contribution in [0.4, 0.5) is 0 Å². The van der Waals surface area contributed by atoms with E-state index in [0.29, 0.717) is 11.1 Å². The second-order valence-corrected chi connectivity index (χ2v) is 13.6. The normalized spacial score (nSPS) is 11.4. The van der Waals surface area contributed by atoms with Gasteiger partial charge >= 0.3 is 11.9 Å². The van der Waals surface area contributed by atoms with Crippen LogP contribution in [-0.4, -0.2) is 62.4 Å². The maximum atomic E-state index is 12.6. The molecule has 0 aromatic heterocycles. The SMILES string of the molecule is CCCCCCCCCCCCCCN(C)COC(=O)c1cccc(C(=O)OCN(C)CCCCCCCCCCCCCC)c1. The first-order chi connectivity index (χ1) is 22.5. The lowest BCUT2D eigenvalue weighted by molar-refractivity contribution is 0.0268. The van der Waals surface area contributed by atoms with Crippen LogP contribution in [0.1, 0.15) is 189 Å². The van der Waals surface area contributed by atoms with Crippen molar-refractivity contribution < 1.29 is 19.1 Å². The van der Waals surface area contributed by atoms with Gasteiger partial charge in [0.25, 0.3) is 0 Å². The van der Waals surface area contributed by atoms with E-state index in [0.717, 1.165) is 25.9 Å². The number of ether oxygens (including phenoxy) is 2. The Kier molecular flexibility index (Phi) is 27.8. The van der Waals surface area contributed by atoms with E-state index in [4.69, 9.17) is 9.47 Å². The predicted octanol–water partition coefficient (Wildman–Crippen LogP) is 11.2. The molecule has 46 heavy (non-hydrogen) atoms. The summed E-state index contributed by atoms with van der Waals surface area (Å²) in [5.41, 5.74) is 0.746. The van der Waals surface area contributed by atoms with Crippen molar-refractivity contribution in [3.63, 3.8) is 0 Å². The fourth-order valence-corrected chi connectivity index (χ4v) is 5.85. The van der Waals surface area contributed by atoms with E-state index in [1.54, 1.807) is 24.3 Å². The number of rotatable bonds is 32. The smallest absolute Gasteiger partial charge is 0.339 e. The largest absolute Gasteiger partial charge is 0.446 e. The van der Waals surface area contributed by atoms with Crippen LogP contribution in [0.3, 0.4) is 0 Å².